The summed E-state index contributed by atoms with van der Waals surface area (Å²) in [6.07, 6.45) is 4.84. The Bertz CT molecular complexity index is 456. The zero-order valence-corrected chi connectivity index (χ0v) is 11.0. The third-order valence-electron chi connectivity index (χ3n) is 3.77. The first-order valence-electron chi connectivity index (χ1n) is 6.56. The van der Waals surface area contributed by atoms with E-state index in [9.17, 15) is 15.2 Å². The van der Waals surface area contributed by atoms with Gasteiger partial charge in [-0.05, 0) is 53.6 Å². The van der Waals surface area contributed by atoms with E-state index in [1.807, 2.05) is 0 Å². The van der Waals surface area contributed by atoms with E-state index in [2.05, 4.69) is 17.2 Å². The lowest BCUT2D eigenvalue weighted by Gasteiger charge is -2.35. The maximum atomic E-state index is 10.8. The van der Waals surface area contributed by atoms with Gasteiger partial charge >= 0.3 is 5.82 Å². The topological polar surface area (TPSA) is 88.3 Å². The van der Waals surface area contributed by atoms with Crippen molar-refractivity contribution in [2.75, 3.05) is 11.9 Å². The maximum Gasteiger partial charge on any atom is 0.386 e. The van der Waals surface area contributed by atoms with E-state index in [4.69, 9.17) is 0 Å². The number of rotatable bonds is 4. The van der Waals surface area contributed by atoms with E-state index in [1.165, 1.54) is 6.20 Å². The molecule has 0 unspecified atom stereocenters. The maximum absolute atomic E-state index is 10.8. The van der Waals surface area contributed by atoms with Crippen molar-refractivity contribution >= 4 is 11.5 Å². The first-order valence-corrected chi connectivity index (χ1v) is 6.56. The van der Waals surface area contributed by atoms with Gasteiger partial charge in [-0.3, -0.25) is 0 Å². The lowest BCUT2D eigenvalue weighted by Crippen LogP contribution is -2.40. The predicted molar refractivity (Wildman–Crippen MR) is 72.0 cm³/mol. The van der Waals surface area contributed by atoms with Crippen LogP contribution in [0.1, 0.15) is 32.6 Å². The summed E-state index contributed by atoms with van der Waals surface area (Å²) in [6.45, 7) is 2.51. The number of anilines is 1. The van der Waals surface area contributed by atoms with Crippen molar-refractivity contribution < 1.29 is 10.0 Å². The number of nitrogens with one attached hydrogen (secondary N) is 1. The molecule has 6 nitrogen and oxygen atoms in total. The van der Waals surface area contributed by atoms with Gasteiger partial charge in [-0.1, -0.05) is 6.92 Å². The minimum atomic E-state index is -0.768. The number of nitro groups is 1. The van der Waals surface area contributed by atoms with E-state index in [0.717, 1.165) is 25.7 Å². The molecule has 1 fully saturated rings. The van der Waals surface area contributed by atoms with Gasteiger partial charge in [-0.25, -0.2) is 0 Å². The lowest BCUT2D eigenvalue weighted by atomic mass is 9.79. The molecule has 0 bridgehead atoms. The largest absolute Gasteiger partial charge is 0.388 e. The molecule has 1 aliphatic carbocycles. The quantitative estimate of drug-likeness (QED) is 0.644. The third-order valence-corrected chi connectivity index (χ3v) is 3.77. The van der Waals surface area contributed by atoms with E-state index >= 15 is 0 Å². The Hall–Kier alpha value is -1.69. The van der Waals surface area contributed by atoms with E-state index in [1.54, 1.807) is 12.1 Å². The number of nitrogens with zero attached hydrogens (tertiary/aromatic N) is 2. The van der Waals surface area contributed by atoms with Crippen molar-refractivity contribution in [3.05, 3.63) is 28.4 Å². The van der Waals surface area contributed by atoms with Gasteiger partial charge in [0, 0.05) is 6.54 Å². The molecule has 1 aliphatic rings. The Morgan fingerprint density at radius 3 is 2.89 bits per heavy atom. The summed E-state index contributed by atoms with van der Waals surface area (Å²) in [5.41, 5.74) is -0.407. The Morgan fingerprint density at radius 2 is 2.26 bits per heavy atom. The summed E-state index contributed by atoms with van der Waals surface area (Å²) < 4.78 is 0. The van der Waals surface area contributed by atoms with Crippen LogP contribution in [0.25, 0.3) is 0 Å². The van der Waals surface area contributed by atoms with Crippen LogP contribution in [-0.2, 0) is 0 Å². The first-order chi connectivity index (χ1) is 9.00. The van der Waals surface area contributed by atoms with Gasteiger partial charge in [0.05, 0.1) is 5.60 Å². The van der Waals surface area contributed by atoms with Crippen molar-refractivity contribution in [3.63, 3.8) is 0 Å². The smallest absolute Gasteiger partial charge is 0.386 e. The van der Waals surface area contributed by atoms with Crippen LogP contribution in [0.15, 0.2) is 18.3 Å². The summed E-state index contributed by atoms with van der Waals surface area (Å²) in [5.74, 6) is 0.447. The molecule has 1 aromatic rings. The molecule has 0 radical (unpaired) electrons. The molecule has 104 valence electrons. The summed E-state index contributed by atoms with van der Waals surface area (Å²) in [5, 5.41) is 24.2. The summed E-state index contributed by atoms with van der Waals surface area (Å²) in [6, 6.07) is 3.25. The molecule has 2 N–H and O–H groups in total. The Kier molecular flexibility index (Phi) is 3.99. The average Bonchev–Trinajstić information content (AvgIpc) is 2.41. The molecule has 0 saturated heterocycles. The second-order valence-electron chi connectivity index (χ2n) is 5.39. The zero-order valence-electron chi connectivity index (χ0n) is 11.0. The highest BCUT2D eigenvalue weighted by atomic mass is 16.6. The van der Waals surface area contributed by atoms with Crippen LogP contribution in [0, 0.1) is 16.0 Å². The molecule has 1 aromatic heterocycles. The molecular formula is C13H19N3O3. The molecule has 19 heavy (non-hydrogen) atoms. The molecule has 0 spiro atoms. The standard InChI is InChI=1S/C13H19N3O3/c1-10-4-6-13(17,7-5-10)9-15-11-3-2-8-14-12(11)16(18)19/h2-3,8,10,15,17H,4-7,9H2,1H3. The van der Waals surface area contributed by atoms with Crippen LogP contribution >= 0.6 is 0 Å². The number of hydrogen-bond donors (Lipinski definition) is 2. The molecule has 0 atom stereocenters. The fourth-order valence-electron chi connectivity index (χ4n) is 2.42. The van der Waals surface area contributed by atoms with Crippen molar-refractivity contribution in [2.45, 2.75) is 38.2 Å². The fourth-order valence-corrected chi connectivity index (χ4v) is 2.42. The lowest BCUT2D eigenvalue weighted by molar-refractivity contribution is -0.388. The van der Waals surface area contributed by atoms with E-state index in [-0.39, 0.29) is 5.82 Å². The fraction of sp³-hybridized carbons (Fsp3) is 0.615. The van der Waals surface area contributed by atoms with E-state index < -0.39 is 10.5 Å². The molecule has 0 aliphatic heterocycles. The molecule has 0 amide bonds. The van der Waals surface area contributed by atoms with Crippen LogP contribution in [0.5, 0.6) is 0 Å². The van der Waals surface area contributed by atoms with Gasteiger partial charge in [0.2, 0.25) is 0 Å². The van der Waals surface area contributed by atoms with Crippen molar-refractivity contribution in [1.29, 1.82) is 0 Å². The van der Waals surface area contributed by atoms with Crippen molar-refractivity contribution in [2.24, 2.45) is 5.92 Å². The van der Waals surface area contributed by atoms with Crippen LogP contribution in [0.4, 0.5) is 11.5 Å². The normalized spacial score (nSPS) is 26.9. The number of pyridine rings is 1. The van der Waals surface area contributed by atoms with Crippen molar-refractivity contribution in [3.8, 4) is 0 Å². The molecule has 1 saturated carbocycles. The van der Waals surface area contributed by atoms with E-state index in [0.29, 0.717) is 18.2 Å². The van der Waals surface area contributed by atoms with Crippen molar-refractivity contribution in [1.82, 2.24) is 4.98 Å². The van der Waals surface area contributed by atoms with Gasteiger partial charge in [0.15, 0.2) is 0 Å². The molecule has 2 rings (SSSR count). The number of hydrogen-bond acceptors (Lipinski definition) is 5. The minimum Gasteiger partial charge on any atom is -0.388 e. The number of aromatic nitrogens is 1. The first kappa shape index (κ1) is 13.7. The molecular weight excluding hydrogens is 246 g/mol. The zero-order chi connectivity index (χ0) is 13.9. The highest BCUT2D eigenvalue weighted by molar-refractivity contribution is 5.56. The van der Waals surface area contributed by atoms with Crippen LogP contribution < -0.4 is 5.32 Å². The summed E-state index contributed by atoms with van der Waals surface area (Å²) >= 11 is 0. The van der Waals surface area contributed by atoms with Crippen LogP contribution in [0.2, 0.25) is 0 Å². The second-order valence-corrected chi connectivity index (χ2v) is 5.39. The summed E-state index contributed by atoms with van der Waals surface area (Å²) in [4.78, 5) is 14.1. The van der Waals surface area contributed by atoms with Gasteiger partial charge in [0.1, 0.15) is 11.9 Å². The highest BCUT2D eigenvalue weighted by Gasteiger charge is 2.32. The Labute approximate surface area is 112 Å². The average molecular weight is 265 g/mol. The Morgan fingerprint density at radius 1 is 1.58 bits per heavy atom. The molecule has 1 heterocycles. The number of aliphatic hydroxyl groups is 1. The third kappa shape index (κ3) is 3.41. The second kappa shape index (κ2) is 5.52. The molecule has 6 heteroatoms. The highest BCUT2D eigenvalue weighted by Crippen LogP contribution is 2.32. The van der Waals surface area contributed by atoms with Gasteiger partial charge in [-0.15, -0.1) is 0 Å². The van der Waals surface area contributed by atoms with Gasteiger partial charge in [0.25, 0.3) is 0 Å². The SMILES string of the molecule is CC1CCC(O)(CNc2cccnc2[N+](=O)[O-])CC1. The minimum absolute atomic E-state index is 0.199. The van der Waals surface area contributed by atoms with Gasteiger partial charge in [-0.2, -0.15) is 0 Å². The van der Waals surface area contributed by atoms with Crippen LogP contribution in [-0.4, -0.2) is 27.2 Å². The van der Waals surface area contributed by atoms with Gasteiger partial charge < -0.3 is 20.5 Å². The van der Waals surface area contributed by atoms with Crippen LogP contribution in [0.3, 0.4) is 0 Å². The monoisotopic (exact) mass is 265 g/mol. The molecule has 0 aromatic carbocycles. The summed E-state index contributed by atoms with van der Waals surface area (Å²) in [7, 11) is 0. The predicted octanol–water partition coefficient (Wildman–Crippen LogP) is 2.34. The Balaban J connectivity index is 2.01.